The lowest BCUT2D eigenvalue weighted by Crippen LogP contribution is -2.27. The highest BCUT2D eigenvalue weighted by molar-refractivity contribution is 9.09. The molecule has 0 aromatic heterocycles. The molecule has 0 aliphatic carbocycles. The molecule has 0 aromatic carbocycles. The first-order valence-electron chi connectivity index (χ1n) is 5.01. The summed E-state index contributed by atoms with van der Waals surface area (Å²) in [6.07, 6.45) is 0. The molecule has 0 fully saturated rings. The molecule has 0 saturated heterocycles. The largest absolute Gasteiger partial charge is 0.381 e. The van der Waals surface area contributed by atoms with E-state index in [-0.39, 0.29) is 0 Å². The maximum Gasteiger partial charge on any atom is 0.0507 e. The number of hydrogen-bond acceptors (Lipinski definition) is 1. The van der Waals surface area contributed by atoms with E-state index in [1.165, 1.54) is 0 Å². The first kappa shape index (κ1) is 13.4. The summed E-state index contributed by atoms with van der Waals surface area (Å²) in [7, 11) is 0. The Balaban J connectivity index is 3.73. The summed E-state index contributed by atoms with van der Waals surface area (Å²) in [5.41, 5.74) is 0.334. The smallest absolute Gasteiger partial charge is 0.0507 e. The zero-order valence-electron chi connectivity index (χ0n) is 9.56. The van der Waals surface area contributed by atoms with Crippen LogP contribution in [0.4, 0.5) is 0 Å². The zero-order valence-corrected chi connectivity index (χ0v) is 11.1. The molecule has 80 valence electrons. The van der Waals surface area contributed by atoms with Crippen LogP contribution in [-0.4, -0.2) is 18.5 Å². The maximum absolute atomic E-state index is 5.64. The molecule has 2 heteroatoms. The molecule has 0 aliphatic rings. The first-order valence-corrected chi connectivity index (χ1v) is 6.13. The van der Waals surface area contributed by atoms with E-state index in [2.05, 4.69) is 50.5 Å². The number of alkyl halides is 1. The molecule has 0 saturated carbocycles. The Morgan fingerprint density at radius 3 is 2.00 bits per heavy atom. The van der Waals surface area contributed by atoms with Crippen LogP contribution in [0.25, 0.3) is 0 Å². The van der Waals surface area contributed by atoms with E-state index >= 15 is 0 Å². The zero-order chi connectivity index (χ0) is 10.5. The van der Waals surface area contributed by atoms with Crippen molar-refractivity contribution in [3.8, 4) is 0 Å². The van der Waals surface area contributed by atoms with Crippen LogP contribution in [0.5, 0.6) is 0 Å². The minimum absolute atomic E-state index is 0.334. The number of ether oxygens (including phenoxy) is 1. The van der Waals surface area contributed by atoms with Gasteiger partial charge in [0.15, 0.2) is 0 Å². The van der Waals surface area contributed by atoms with E-state index < -0.39 is 0 Å². The Labute approximate surface area is 91.4 Å². The molecular formula is C11H23BrO. The molecule has 1 nitrogen and oxygen atoms in total. The van der Waals surface area contributed by atoms with Crippen LogP contribution >= 0.6 is 15.9 Å². The molecule has 0 heterocycles. The van der Waals surface area contributed by atoms with Crippen LogP contribution in [0.3, 0.4) is 0 Å². The van der Waals surface area contributed by atoms with Crippen molar-refractivity contribution in [3.05, 3.63) is 0 Å². The molecule has 0 amide bonds. The fourth-order valence-electron chi connectivity index (χ4n) is 0.972. The van der Waals surface area contributed by atoms with Crippen LogP contribution < -0.4 is 0 Å². The Hall–Kier alpha value is 0.440. The summed E-state index contributed by atoms with van der Waals surface area (Å²) in [5, 5.41) is 1.02. The number of halogens is 1. The number of hydrogen-bond donors (Lipinski definition) is 0. The summed E-state index contributed by atoms with van der Waals surface area (Å²) in [5.74, 6) is 1.24. The molecule has 0 spiro atoms. The van der Waals surface area contributed by atoms with E-state index in [0.717, 1.165) is 18.5 Å². The summed E-state index contributed by atoms with van der Waals surface area (Å²) >= 11 is 3.54. The molecule has 0 radical (unpaired) electrons. The van der Waals surface area contributed by atoms with E-state index in [1.807, 2.05) is 0 Å². The fourth-order valence-corrected chi connectivity index (χ4v) is 2.13. The third kappa shape index (κ3) is 6.50. The van der Waals surface area contributed by atoms with Crippen molar-refractivity contribution < 1.29 is 4.74 Å². The predicted molar refractivity (Wildman–Crippen MR) is 62.4 cm³/mol. The van der Waals surface area contributed by atoms with Crippen molar-refractivity contribution in [1.82, 2.24) is 0 Å². The average Bonchev–Trinajstić information content (AvgIpc) is 1.95. The van der Waals surface area contributed by atoms with Crippen molar-refractivity contribution in [2.75, 3.05) is 18.5 Å². The predicted octanol–water partition coefficient (Wildman–Crippen LogP) is 3.72. The van der Waals surface area contributed by atoms with Crippen LogP contribution in [0.15, 0.2) is 0 Å². The highest BCUT2D eigenvalue weighted by Crippen LogP contribution is 2.27. The Morgan fingerprint density at radius 1 is 1.15 bits per heavy atom. The lowest BCUT2D eigenvalue weighted by atomic mass is 9.83. The van der Waals surface area contributed by atoms with Gasteiger partial charge in [0.1, 0.15) is 0 Å². The van der Waals surface area contributed by atoms with Gasteiger partial charge in [-0.3, -0.25) is 0 Å². The van der Waals surface area contributed by atoms with Crippen LogP contribution in [0.2, 0.25) is 0 Å². The second kappa shape index (κ2) is 6.02. The maximum atomic E-state index is 5.64. The molecule has 0 aliphatic heterocycles. The summed E-state index contributed by atoms with van der Waals surface area (Å²) in [4.78, 5) is 0. The van der Waals surface area contributed by atoms with Crippen molar-refractivity contribution in [2.45, 2.75) is 34.6 Å². The molecule has 1 atom stereocenters. The van der Waals surface area contributed by atoms with E-state index in [0.29, 0.717) is 17.3 Å². The van der Waals surface area contributed by atoms with E-state index in [9.17, 15) is 0 Å². The van der Waals surface area contributed by atoms with Gasteiger partial charge in [-0.1, -0.05) is 50.5 Å². The van der Waals surface area contributed by atoms with E-state index in [1.54, 1.807) is 0 Å². The topological polar surface area (TPSA) is 9.23 Å². The van der Waals surface area contributed by atoms with Gasteiger partial charge in [0.05, 0.1) is 6.61 Å². The molecule has 0 bridgehead atoms. The molecular weight excluding hydrogens is 228 g/mol. The van der Waals surface area contributed by atoms with Crippen molar-refractivity contribution in [1.29, 1.82) is 0 Å². The SMILES string of the molecule is CC(C)COCC(CBr)C(C)(C)C. The van der Waals surface area contributed by atoms with Gasteiger partial charge in [0.2, 0.25) is 0 Å². The van der Waals surface area contributed by atoms with Gasteiger partial charge in [-0.05, 0) is 17.3 Å². The lowest BCUT2D eigenvalue weighted by molar-refractivity contribution is 0.0518. The van der Waals surface area contributed by atoms with Gasteiger partial charge in [-0.15, -0.1) is 0 Å². The normalized spacial score (nSPS) is 15.0. The Kier molecular flexibility index (Phi) is 6.23. The van der Waals surface area contributed by atoms with Crippen LogP contribution in [-0.2, 0) is 4.74 Å². The summed E-state index contributed by atoms with van der Waals surface area (Å²) in [6, 6.07) is 0. The van der Waals surface area contributed by atoms with Crippen molar-refractivity contribution >= 4 is 15.9 Å². The van der Waals surface area contributed by atoms with Gasteiger partial charge < -0.3 is 4.74 Å². The Morgan fingerprint density at radius 2 is 1.69 bits per heavy atom. The van der Waals surface area contributed by atoms with Gasteiger partial charge >= 0.3 is 0 Å². The molecule has 0 aromatic rings. The highest BCUT2D eigenvalue weighted by atomic mass is 79.9. The average molecular weight is 251 g/mol. The monoisotopic (exact) mass is 250 g/mol. The third-order valence-corrected chi connectivity index (χ3v) is 2.96. The van der Waals surface area contributed by atoms with Gasteiger partial charge in [0, 0.05) is 11.9 Å². The van der Waals surface area contributed by atoms with E-state index in [4.69, 9.17) is 4.74 Å². The van der Waals surface area contributed by atoms with Crippen LogP contribution in [0.1, 0.15) is 34.6 Å². The van der Waals surface area contributed by atoms with Gasteiger partial charge in [-0.25, -0.2) is 0 Å². The lowest BCUT2D eigenvalue weighted by Gasteiger charge is -2.29. The van der Waals surface area contributed by atoms with Gasteiger partial charge in [0.25, 0.3) is 0 Å². The molecule has 0 rings (SSSR count). The molecule has 1 unspecified atom stereocenters. The second-order valence-electron chi connectivity index (χ2n) is 5.15. The minimum atomic E-state index is 0.334. The quantitative estimate of drug-likeness (QED) is 0.677. The minimum Gasteiger partial charge on any atom is -0.381 e. The Bertz CT molecular complexity index is 127. The number of rotatable bonds is 5. The fraction of sp³-hybridized carbons (Fsp3) is 1.00. The van der Waals surface area contributed by atoms with Gasteiger partial charge in [-0.2, -0.15) is 0 Å². The molecule has 13 heavy (non-hydrogen) atoms. The van der Waals surface area contributed by atoms with Crippen LogP contribution in [0, 0.1) is 17.3 Å². The van der Waals surface area contributed by atoms with Crippen molar-refractivity contribution in [2.24, 2.45) is 17.3 Å². The first-order chi connectivity index (χ1) is 5.88. The summed E-state index contributed by atoms with van der Waals surface area (Å²) < 4.78 is 5.64. The molecule has 0 N–H and O–H groups in total. The second-order valence-corrected chi connectivity index (χ2v) is 5.80. The third-order valence-electron chi connectivity index (χ3n) is 2.18. The van der Waals surface area contributed by atoms with Crippen molar-refractivity contribution in [3.63, 3.8) is 0 Å². The summed E-state index contributed by atoms with van der Waals surface area (Å²) in [6.45, 7) is 12.9. The highest BCUT2D eigenvalue weighted by Gasteiger charge is 2.23. The standard InChI is InChI=1S/C11H23BrO/c1-9(2)7-13-8-10(6-12)11(3,4)5/h9-10H,6-8H2,1-5H3.